The van der Waals surface area contributed by atoms with E-state index < -0.39 is 15.7 Å². The fraction of sp³-hybridized carbons (Fsp3) is 0.900. The summed E-state index contributed by atoms with van der Waals surface area (Å²) in [5, 5.41) is 0. The molecule has 7 heteroatoms. The summed E-state index contributed by atoms with van der Waals surface area (Å²) < 4.78 is 28.3. The number of thiocarbonyl (C=S) groups is 1. The molecule has 3 N–H and O–H groups in total. The Morgan fingerprint density at radius 1 is 1.41 bits per heavy atom. The summed E-state index contributed by atoms with van der Waals surface area (Å²) >= 11 is 5.02. The maximum Gasteiger partial charge on any atom is 0.280 e. The molecule has 1 rings (SSSR count). The van der Waals surface area contributed by atoms with Gasteiger partial charge in [-0.2, -0.15) is 17.4 Å². The van der Waals surface area contributed by atoms with Crippen molar-refractivity contribution in [2.24, 2.45) is 5.73 Å². The minimum absolute atomic E-state index is 0.0997. The van der Waals surface area contributed by atoms with Gasteiger partial charge in [0.15, 0.2) is 0 Å². The van der Waals surface area contributed by atoms with E-state index in [1.165, 1.54) is 4.31 Å². The van der Waals surface area contributed by atoms with Crippen LogP contribution in [0.4, 0.5) is 0 Å². The predicted molar refractivity (Wildman–Crippen MR) is 72.9 cm³/mol. The Kier molecular flexibility index (Phi) is 4.51. The van der Waals surface area contributed by atoms with Gasteiger partial charge < -0.3 is 5.73 Å². The molecule has 0 heterocycles. The lowest BCUT2D eigenvalue weighted by molar-refractivity contribution is 0.387. The highest BCUT2D eigenvalue weighted by molar-refractivity contribution is 7.87. The van der Waals surface area contributed by atoms with Gasteiger partial charge in [-0.05, 0) is 26.7 Å². The Morgan fingerprint density at radius 2 is 1.88 bits per heavy atom. The molecule has 0 radical (unpaired) electrons. The van der Waals surface area contributed by atoms with E-state index in [9.17, 15) is 8.42 Å². The first-order valence-electron chi connectivity index (χ1n) is 5.78. The summed E-state index contributed by atoms with van der Waals surface area (Å²) in [6.07, 6.45) is 3.28. The molecule has 0 aromatic rings. The van der Waals surface area contributed by atoms with Crippen molar-refractivity contribution in [1.82, 2.24) is 9.03 Å². The van der Waals surface area contributed by atoms with Gasteiger partial charge in [-0.15, -0.1) is 0 Å². The highest BCUT2D eigenvalue weighted by atomic mass is 32.2. The van der Waals surface area contributed by atoms with Crippen molar-refractivity contribution in [3.05, 3.63) is 0 Å². The second-order valence-electron chi connectivity index (χ2n) is 4.87. The van der Waals surface area contributed by atoms with E-state index in [2.05, 4.69) is 4.72 Å². The predicted octanol–water partition coefficient (Wildman–Crippen LogP) is 0.760. The molecule has 0 aromatic heterocycles. The summed E-state index contributed by atoms with van der Waals surface area (Å²) in [6, 6.07) is -0.0997. The molecule has 1 saturated carbocycles. The number of nitrogens with one attached hydrogen (secondary N) is 1. The SMILES string of the molecule is CC(C)N(C)S(=O)(=O)NC1(C(N)=S)CCCC1. The van der Waals surface area contributed by atoms with E-state index in [0.29, 0.717) is 12.8 Å². The van der Waals surface area contributed by atoms with Gasteiger partial charge in [0.05, 0.1) is 10.5 Å². The molecular formula is C10H21N3O2S2. The first-order chi connectivity index (χ1) is 7.71. The fourth-order valence-electron chi connectivity index (χ4n) is 1.97. The zero-order valence-corrected chi connectivity index (χ0v) is 12.2. The van der Waals surface area contributed by atoms with E-state index in [-0.39, 0.29) is 11.0 Å². The molecule has 0 saturated heterocycles. The van der Waals surface area contributed by atoms with Gasteiger partial charge in [0.1, 0.15) is 0 Å². The average molecular weight is 279 g/mol. The van der Waals surface area contributed by atoms with E-state index in [4.69, 9.17) is 18.0 Å². The Labute approximate surface area is 109 Å². The number of nitrogens with two attached hydrogens (primary N) is 1. The van der Waals surface area contributed by atoms with E-state index >= 15 is 0 Å². The van der Waals surface area contributed by atoms with E-state index in [1.807, 2.05) is 13.8 Å². The van der Waals surface area contributed by atoms with Crippen molar-refractivity contribution < 1.29 is 8.42 Å². The summed E-state index contributed by atoms with van der Waals surface area (Å²) in [4.78, 5) is 0.246. The first kappa shape index (κ1) is 14.8. The highest BCUT2D eigenvalue weighted by Gasteiger charge is 2.41. The van der Waals surface area contributed by atoms with Gasteiger partial charge in [-0.1, -0.05) is 25.1 Å². The van der Waals surface area contributed by atoms with Gasteiger partial charge in [-0.25, -0.2) is 0 Å². The minimum atomic E-state index is -3.53. The van der Waals surface area contributed by atoms with Crippen LogP contribution in [0.1, 0.15) is 39.5 Å². The monoisotopic (exact) mass is 279 g/mol. The third kappa shape index (κ3) is 3.15. The highest BCUT2D eigenvalue weighted by Crippen LogP contribution is 2.31. The smallest absolute Gasteiger partial charge is 0.280 e. The molecule has 1 aliphatic rings. The standard InChI is InChI=1S/C10H21N3O2S2/c1-8(2)13(3)17(14,15)12-10(9(11)16)6-4-5-7-10/h8,12H,4-7H2,1-3H3,(H2,11,16). The normalized spacial score (nSPS) is 20.1. The largest absolute Gasteiger partial charge is 0.392 e. The minimum Gasteiger partial charge on any atom is -0.392 e. The quantitative estimate of drug-likeness (QED) is 0.729. The molecule has 0 unspecified atom stereocenters. The lowest BCUT2D eigenvalue weighted by Gasteiger charge is -2.32. The average Bonchev–Trinajstić information content (AvgIpc) is 2.65. The molecular weight excluding hydrogens is 258 g/mol. The van der Waals surface area contributed by atoms with Crippen LogP contribution in [0.25, 0.3) is 0 Å². The second kappa shape index (κ2) is 5.17. The van der Waals surface area contributed by atoms with E-state index in [1.54, 1.807) is 7.05 Å². The molecule has 0 aromatic carbocycles. The van der Waals surface area contributed by atoms with Crippen LogP contribution in [0.2, 0.25) is 0 Å². The first-order valence-corrected chi connectivity index (χ1v) is 7.63. The molecule has 17 heavy (non-hydrogen) atoms. The van der Waals surface area contributed by atoms with Gasteiger partial charge >= 0.3 is 0 Å². The lowest BCUT2D eigenvalue weighted by atomic mass is 10.00. The molecule has 1 fully saturated rings. The van der Waals surface area contributed by atoms with Crippen molar-refractivity contribution in [2.45, 2.75) is 51.1 Å². The van der Waals surface area contributed by atoms with Crippen molar-refractivity contribution >= 4 is 27.4 Å². The van der Waals surface area contributed by atoms with Crippen molar-refractivity contribution in [3.8, 4) is 0 Å². The third-order valence-electron chi connectivity index (χ3n) is 3.36. The molecule has 0 spiro atoms. The van der Waals surface area contributed by atoms with Crippen molar-refractivity contribution in [3.63, 3.8) is 0 Å². The molecule has 100 valence electrons. The van der Waals surface area contributed by atoms with Crippen LogP contribution < -0.4 is 10.5 Å². The Morgan fingerprint density at radius 3 is 2.24 bits per heavy atom. The second-order valence-corrected chi connectivity index (χ2v) is 7.04. The van der Waals surface area contributed by atoms with Gasteiger partial charge in [0, 0.05) is 13.1 Å². The molecule has 0 amide bonds. The van der Waals surface area contributed by atoms with Crippen LogP contribution in [0.5, 0.6) is 0 Å². The van der Waals surface area contributed by atoms with Crippen LogP contribution in [-0.2, 0) is 10.2 Å². The molecule has 0 atom stereocenters. The zero-order chi connectivity index (χ0) is 13.3. The summed E-state index contributed by atoms with van der Waals surface area (Å²) in [5.74, 6) is 0. The van der Waals surface area contributed by atoms with Crippen LogP contribution in [0, 0.1) is 0 Å². The maximum atomic E-state index is 12.1. The molecule has 0 aliphatic heterocycles. The number of hydrogen-bond acceptors (Lipinski definition) is 3. The number of rotatable bonds is 5. The van der Waals surface area contributed by atoms with Crippen LogP contribution >= 0.6 is 12.2 Å². The van der Waals surface area contributed by atoms with Crippen LogP contribution in [0.3, 0.4) is 0 Å². The Hall–Kier alpha value is -0.240. The van der Waals surface area contributed by atoms with Crippen molar-refractivity contribution in [1.29, 1.82) is 0 Å². The van der Waals surface area contributed by atoms with Crippen molar-refractivity contribution in [2.75, 3.05) is 7.05 Å². The Bertz CT molecular complexity index is 386. The van der Waals surface area contributed by atoms with Crippen LogP contribution in [0.15, 0.2) is 0 Å². The zero-order valence-electron chi connectivity index (χ0n) is 10.6. The summed E-state index contributed by atoms with van der Waals surface area (Å²) in [5.41, 5.74) is 4.98. The Balaban J connectivity index is 2.92. The number of nitrogens with zero attached hydrogens (tertiary/aromatic N) is 1. The lowest BCUT2D eigenvalue weighted by Crippen LogP contribution is -2.58. The summed E-state index contributed by atoms with van der Waals surface area (Å²) in [7, 11) is -1.98. The maximum absolute atomic E-state index is 12.1. The fourth-order valence-corrected chi connectivity index (χ4v) is 3.80. The molecule has 5 nitrogen and oxygen atoms in total. The molecule has 0 bridgehead atoms. The molecule has 1 aliphatic carbocycles. The third-order valence-corrected chi connectivity index (χ3v) is 5.58. The van der Waals surface area contributed by atoms with Gasteiger partial charge in [-0.3, -0.25) is 0 Å². The van der Waals surface area contributed by atoms with Gasteiger partial charge in [0.25, 0.3) is 10.2 Å². The number of hydrogen-bond donors (Lipinski definition) is 2. The van der Waals surface area contributed by atoms with Crippen LogP contribution in [-0.4, -0.2) is 36.3 Å². The topological polar surface area (TPSA) is 75.4 Å². The van der Waals surface area contributed by atoms with E-state index in [0.717, 1.165) is 12.8 Å². The van der Waals surface area contributed by atoms with Gasteiger partial charge in [0.2, 0.25) is 0 Å². The summed E-state index contributed by atoms with van der Waals surface area (Å²) in [6.45, 7) is 3.64.